The van der Waals surface area contributed by atoms with Gasteiger partial charge in [-0.05, 0) is 38.4 Å². The monoisotopic (exact) mass is 305 g/mol. The molecule has 1 aromatic rings. The third kappa shape index (κ3) is 8.83. The smallest absolute Gasteiger partial charge is 0.305 e. The van der Waals surface area contributed by atoms with Gasteiger partial charge < -0.3 is 4.74 Å². The van der Waals surface area contributed by atoms with Crippen LogP contribution >= 0.6 is 0 Å². The average molecular weight is 305 g/mol. The second kappa shape index (κ2) is 12.2. The summed E-state index contributed by atoms with van der Waals surface area (Å²) < 4.78 is 4.93. The predicted molar refractivity (Wildman–Crippen MR) is 91.7 cm³/mol. The maximum atomic E-state index is 11.2. The van der Waals surface area contributed by atoms with Crippen LogP contribution in [0.1, 0.15) is 57.9 Å². The van der Waals surface area contributed by atoms with Crippen molar-refractivity contribution in [2.24, 2.45) is 0 Å². The largest absolute Gasteiger partial charge is 0.466 e. The van der Waals surface area contributed by atoms with Crippen LogP contribution in [-0.2, 0) is 16.1 Å². The molecule has 0 heterocycles. The van der Waals surface area contributed by atoms with E-state index >= 15 is 0 Å². The fourth-order valence-electron chi connectivity index (χ4n) is 2.56. The average Bonchev–Trinajstić information content (AvgIpc) is 2.54. The van der Waals surface area contributed by atoms with Gasteiger partial charge in [0.2, 0.25) is 0 Å². The number of carbonyl (C=O) groups is 1. The molecule has 0 aromatic heterocycles. The summed E-state index contributed by atoms with van der Waals surface area (Å²) in [5.74, 6) is -0.0532. The van der Waals surface area contributed by atoms with Crippen molar-refractivity contribution in [3.05, 3.63) is 35.9 Å². The Labute approximate surface area is 135 Å². The van der Waals surface area contributed by atoms with Gasteiger partial charge in [-0.1, -0.05) is 56.5 Å². The van der Waals surface area contributed by atoms with E-state index in [0.717, 1.165) is 32.5 Å². The lowest BCUT2D eigenvalue weighted by Crippen LogP contribution is -2.23. The highest BCUT2D eigenvalue weighted by atomic mass is 16.5. The van der Waals surface area contributed by atoms with Crippen LogP contribution in [0, 0.1) is 0 Å². The summed E-state index contributed by atoms with van der Waals surface area (Å²) in [6, 6.07) is 10.7. The van der Waals surface area contributed by atoms with Crippen molar-refractivity contribution in [2.45, 2.75) is 58.9 Å². The van der Waals surface area contributed by atoms with Gasteiger partial charge in [-0.2, -0.15) is 0 Å². The molecule has 0 aliphatic heterocycles. The molecule has 0 bridgehead atoms. The lowest BCUT2D eigenvalue weighted by molar-refractivity contribution is -0.143. The quantitative estimate of drug-likeness (QED) is 0.423. The topological polar surface area (TPSA) is 29.5 Å². The Balaban J connectivity index is 2.04. The third-order valence-corrected chi connectivity index (χ3v) is 3.86. The zero-order valence-corrected chi connectivity index (χ0v) is 14.2. The van der Waals surface area contributed by atoms with Crippen molar-refractivity contribution in [1.29, 1.82) is 0 Å². The minimum Gasteiger partial charge on any atom is -0.466 e. The van der Waals surface area contributed by atoms with Gasteiger partial charge in [0.05, 0.1) is 6.61 Å². The maximum Gasteiger partial charge on any atom is 0.305 e. The Morgan fingerprint density at radius 1 is 1.00 bits per heavy atom. The molecule has 0 amide bonds. The van der Waals surface area contributed by atoms with E-state index in [1.807, 2.05) is 6.92 Å². The molecule has 0 unspecified atom stereocenters. The van der Waals surface area contributed by atoms with Gasteiger partial charge in [0.1, 0.15) is 0 Å². The van der Waals surface area contributed by atoms with Crippen molar-refractivity contribution in [2.75, 3.05) is 19.7 Å². The van der Waals surface area contributed by atoms with Gasteiger partial charge in [0.15, 0.2) is 0 Å². The minimum atomic E-state index is -0.0532. The molecule has 22 heavy (non-hydrogen) atoms. The molecular formula is C19H31NO2. The number of carbonyl (C=O) groups excluding carboxylic acids is 1. The third-order valence-electron chi connectivity index (χ3n) is 3.86. The Morgan fingerprint density at radius 2 is 1.68 bits per heavy atom. The van der Waals surface area contributed by atoms with E-state index in [0.29, 0.717) is 13.0 Å². The van der Waals surface area contributed by atoms with Gasteiger partial charge in [-0.25, -0.2) is 0 Å². The molecule has 0 aliphatic rings. The molecule has 0 saturated heterocycles. The Hall–Kier alpha value is -1.35. The predicted octanol–water partition coefficient (Wildman–Crippen LogP) is 4.41. The van der Waals surface area contributed by atoms with E-state index in [1.165, 1.54) is 24.8 Å². The summed E-state index contributed by atoms with van der Waals surface area (Å²) >= 11 is 0. The van der Waals surface area contributed by atoms with Crippen molar-refractivity contribution in [3.8, 4) is 0 Å². The van der Waals surface area contributed by atoms with Crippen LogP contribution in [0.4, 0.5) is 0 Å². The first-order chi connectivity index (χ1) is 10.8. The van der Waals surface area contributed by atoms with Crippen LogP contribution in [0.15, 0.2) is 30.3 Å². The standard InChI is InChI=1S/C19H31NO2/c1-3-20(17-18-13-9-8-10-14-18)16-12-7-5-6-11-15-19(21)22-4-2/h8-10,13-14H,3-7,11-12,15-17H2,1-2H3. The summed E-state index contributed by atoms with van der Waals surface area (Å²) in [7, 11) is 0. The highest BCUT2D eigenvalue weighted by molar-refractivity contribution is 5.69. The van der Waals surface area contributed by atoms with E-state index in [9.17, 15) is 4.79 Å². The first-order valence-electron chi connectivity index (χ1n) is 8.68. The highest BCUT2D eigenvalue weighted by Gasteiger charge is 2.04. The van der Waals surface area contributed by atoms with Gasteiger partial charge in [-0.3, -0.25) is 9.69 Å². The lowest BCUT2D eigenvalue weighted by atomic mass is 10.1. The summed E-state index contributed by atoms with van der Waals surface area (Å²) in [6.07, 6.45) is 6.35. The second-order valence-corrected chi connectivity index (χ2v) is 5.68. The number of unbranched alkanes of at least 4 members (excludes halogenated alkanes) is 4. The molecule has 1 aromatic carbocycles. The number of rotatable bonds is 12. The van der Waals surface area contributed by atoms with Crippen molar-refractivity contribution < 1.29 is 9.53 Å². The molecule has 0 atom stereocenters. The number of nitrogens with zero attached hydrogens (tertiary/aromatic N) is 1. The van der Waals surface area contributed by atoms with Crippen LogP contribution in [0.3, 0.4) is 0 Å². The number of benzene rings is 1. The molecule has 0 spiro atoms. The molecule has 1 rings (SSSR count). The zero-order chi connectivity index (χ0) is 16.0. The molecule has 0 saturated carbocycles. The van der Waals surface area contributed by atoms with Crippen LogP contribution in [0.25, 0.3) is 0 Å². The molecular weight excluding hydrogens is 274 g/mol. The van der Waals surface area contributed by atoms with Gasteiger partial charge in [0, 0.05) is 13.0 Å². The fourth-order valence-corrected chi connectivity index (χ4v) is 2.56. The summed E-state index contributed by atoms with van der Waals surface area (Å²) in [5.41, 5.74) is 1.39. The van der Waals surface area contributed by atoms with Crippen molar-refractivity contribution >= 4 is 5.97 Å². The summed E-state index contributed by atoms with van der Waals surface area (Å²) in [5, 5.41) is 0. The van der Waals surface area contributed by atoms with E-state index in [-0.39, 0.29) is 5.97 Å². The maximum absolute atomic E-state index is 11.2. The van der Waals surface area contributed by atoms with E-state index < -0.39 is 0 Å². The number of hydrogen-bond acceptors (Lipinski definition) is 3. The SMILES string of the molecule is CCOC(=O)CCCCCCCN(CC)Cc1ccccc1. The number of hydrogen-bond donors (Lipinski definition) is 0. The normalized spacial score (nSPS) is 10.9. The van der Waals surface area contributed by atoms with Crippen molar-refractivity contribution in [1.82, 2.24) is 4.90 Å². The fraction of sp³-hybridized carbons (Fsp3) is 0.632. The Kier molecular flexibility index (Phi) is 10.4. The first kappa shape index (κ1) is 18.7. The van der Waals surface area contributed by atoms with Crippen LogP contribution < -0.4 is 0 Å². The minimum absolute atomic E-state index is 0.0532. The first-order valence-corrected chi connectivity index (χ1v) is 8.68. The van der Waals surface area contributed by atoms with Crippen LogP contribution in [0.2, 0.25) is 0 Å². The Bertz CT molecular complexity index is 392. The second-order valence-electron chi connectivity index (χ2n) is 5.68. The van der Waals surface area contributed by atoms with Gasteiger partial charge in [-0.15, -0.1) is 0 Å². The van der Waals surface area contributed by atoms with Crippen LogP contribution in [0.5, 0.6) is 0 Å². The van der Waals surface area contributed by atoms with Gasteiger partial charge >= 0.3 is 5.97 Å². The Morgan fingerprint density at radius 3 is 2.36 bits per heavy atom. The number of ether oxygens (including phenoxy) is 1. The highest BCUT2D eigenvalue weighted by Crippen LogP contribution is 2.09. The molecule has 0 N–H and O–H groups in total. The number of esters is 1. The van der Waals surface area contributed by atoms with E-state index in [2.05, 4.69) is 42.2 Å². The summed E-state index contributed by atoms with van der Waals surface area (Å²) in [6.45, 7) is 7.86. The molecule has 124 valence electrons. The zero-order valence-electron chi connectivity index (χ0n) is 14.2. The van der Waals surface area contributed by atoms with E-state index in [1.54, 1.807) is 0 Å². The molecule has 0 fully saturated rings. The van der Waals surface area contributed by atoms with Gasteiger partial charge in [0.25, 0.3) is 0 Å². The summed E-state index contributed by atoms with van der Waals surface area (Å²) in [4.78, 5) is 13.7. The lowest BCUT2D eigenvalue weighted by Gasteiger charge is -2.20. The van der Waals surface area contributed by atoms with Crippen LogP contribution in [-0.4, -0.2) is 30.6 Å². The van der Waals surface area contributed by atoms with Crippen molar-refractivity contribution in [3.63, 3.8) is 0 Å². The molecule has 0 aliphatic carbocycles. The molecule has 3 heteroatoms. The molecule has 0 radical (unpaired) electrons. The molecule has 3 nitrogen and oxygen atoms in total. The van der Waals surface area contributed by atoms with E-state index in [4.69, 9.17) is 4.74 Å².